The lowest BCUT2D eigenvalue weighted by atomic mass is 10.1. The summed E-state index contributed by atoms with van der Waals surface area (Å²) in [6.45, 7) is 6.17. The highest BCUT2D eigenvalue weighted by atomic mass is 15.0. The first-order chi connectivity index (χ1) is 8.69. The average molecular weight is 241 g/mol. The topological polar surface area (TPSA) is 37.8 Å². The Balaban J connectivity index is 2.16. The van der Waals surface area contributed by atoms with E-state index in [1.54, 1.807) is 0 Å². The van der Waals surface area contributed by atoms with Gasteiger partial charge in [-0.15, -0.1) is 0 Å². The van der Waals surface area contributed by atoms with Crippen LogP contribution in [-0.2, 0) is 6.42 Å². The fourth-order valence-corrected chi connectivity index (χ4v) is 1.93. The number of hydrogen-bond acceptors (Lipinski definition) is 3. The van der Waals surface area contributed by atoms with Crippen LogP contribution in [-0.4, -0.2) is 9.97 Å². The van der Waals surface area contributed by atoms with Crippen LogP contribution in [0.4, 0.5) is 5.82 Å². The summed E-state index contributed by atoms with van der Waals surface area (Å²) >= 11 is 0. The highest BCUT2D eigenvalue weighted by molar-refractivity contribution is 5.39. The third-order valence-electron chi connectivity index (χ3n) is 2.92. The Morgan fingerprint density at radius 1 is 1.17 bits per heavy atom. The van der Waals surface area contributed by atoms with Crippen molar-refractivity contribution >= 4 is 5.82 Å². The van der Waals surface area contributed by atoms with Gasteiger partial charge in [-0.05, 0) is 25.8 Å². The molecule has 0 saturated carbocycles. The second kappa shape index (κ2) is 5.63. The lowest BCUT2D eigenvalue weighted by Crippen LogP contribution is -2.09. The standard InChI is InChI=1S/C15H19N3/c1-4-14-10-15(18-12(3)17-14)16-11(2)13-8-6-5-7-9-13/h5-11H,4H2,1-3H3,(H,16,17,18). The highest BCUT2D eigenvalue weighted by Crippen LogP contribution is 2.18. The van der Waals surface area contributed by atoms with Crippen molar-refractivity contribution in [1.82, 2.24) is 9.97 Å². The molecule has 0 radical (unpaired) electrons. The second-order valence-electron chi connectivity index (χ2n) is 4.42. The SMILES string of the molecule is CCc1cc(NC(C)c2ccccc2)nc(C)n1. The van der Waals surface area contributed by atoms with Crippen LogP contribution in [0.15, 0.2) is 36.4 Å². The zero-order valence-corrected chi connectivity index (χ0v) is 11.1. The Morgan fingerprint density at radius 2 is 1.89 bits per heavy atom. The van der Waals surface area contributed by atoms with Crippen molar-refractivity contribution in [3.63, 3.8) is 0 Å². The molecule has 0 aliphatic heterocycles. The number of benzene rings is 1. The fraction of sp³-hybridized carbons (Fsp3) is 0.333. The van der Waals surface area contributed by atoms with Crippen molar-refractivity contribution < 1.29 is 0 Å². The molecular weight excluding hydrogens is 222 g/mol. The number of hydrogen-bond donors (Lipinski definition) is 1. The smallest absolute Gasteiger partial charge is 0.130 e. The summed E-state index contributed by atoms with van der Waals surface area (Å²) in [6, 6.07) is 12.6. The van der Waals surface area contributed by atoms with E-state index in [1.165, 1.54) is 5.56 Å². The predicted molar refractivity (Wildman–Crippen MR) is 74.6 cm³/mol. The largest absolute Gasteiger partial charge is 0.363 e. The zero-order valence-electron chi connectivity index (χ0n) is 11.1. The minimum Gasteiger partial charge on any atom is -0.363 e. The molecule has 0 bridgehead atoms. The Kier molecular flexibility index (Phi) is 3.92. The molecule has 0 aliphatic carbocycles. The summed E-state index contributed by atoms with van der Waals surface area (Å²) in [5.41, 5.74) is 2.33. The van der Waals surface area contributed by atoms with Crippen LogP contribution < -0.4 is 5.32 Å². The number of rotatable bonds is 4. The van der Waals surface area contributed by atoms with E-state index < -0.39 is 0 Å². The van der Waals surface area contributed by atoms with Crippen molar-refractivity contribution in [2.45, 2.75) is 33.2 Å². The van der Waals surface area contributed by atoms with Crippen molar-refractivity contribution in [3.8, 4) is 0 Å². The molecule has 1 aromatic heterocycles. The zero-order chi connectivity index (χ0) is 13.0. The van der Waals surface area contributed by atoms with Crippen LogP contribution in [0, 0.1) is 6.92 Å². The van der Waals surface area contributed by atoms with Gasteiger partial charge >= 0.3 is 0 Å². The van der Waals surface area contributed by atoms with E-state index in [-0.39, 0.29) is 6.04 Å². The molecule has 18 heavy (non-hydrogen) atoms. The van der Waals surface area contributed by atoms with Crippen LogP contribution >= 0.6 is 0 Å². The minimum absolute atomic E-state index is 0.241. The monoisotopic (exact) mass is 241 g/mol. The molecule has 3 heteroatoms. The van der Waals surface area contributed by atoms with Gasteiger partial charge in [-0.2, -0.15) is 0 Å². The van der Waals surface area contributed by atoms with Gasteiger partial charge in [0.15, 0.2) is 0 Å². The number of nitrogens with zero attached hydrogens (tertiary/aromatic N) is 2. The lowest BCUT2D eigenvalue weighted by molar-refractivity contribution is 0.858. The molecule has 94 valence electrons. The first-order valence-corrected chi connectivity index (χ1v) is 6.35. The molecule has 3 nitrogen and oxygen atoms in total. The Morgan fingerprint density at radius 3 is 2.56 bits per heavy atom. The van der Waals surface area contributed by atoms with Crippen molar-refractivity contribution in [2.75, 3.05) is 5.32 Å². The van der Waals surface area contributed by atoms with E-state index in [2.05, 4.69) is 53.4 Å². The summed E-state index contributed by atoms with van der Waals surface area (Å²) in [7, 11) is 0. The Bertz CT molecular complexity index is 508. The molecule has 1 atom stereocenters. The maximum atomic E-state index is 4.43. The minimum atomic E-state index is 0.241. The third kappa shape index (κ3) is 3.06. The van der Waals surface area contributed by atoms with Gasteiger partial charge in [0.05, 0.1) is 0 Å². The molecule has 1 heterocycles. The van der Waals surface area contributed by atoms with E-state index in [9.17, 15) is 0 Å². The van der Waals surface area contributed by atoms with E-state index in [4.69, 9.17) is 0 Å². The van der Waals surface area contributed by atoms with Gasteiger partial charge in [0.2, 0.25) is 0 Å². The normalized spacial score (nSPS) is 12.2. The first-order valence-electron chi connectivity index (χ1n) is 6.35. The lowest BCUT2D eigenvalue weighted by Gasteiger charge is -2.15. The molecule has 0 aliphatic rings. The molecular formula is C15H19N3. The molecule has 1 N–H and O–H groups in total. The van der Waals surface area contributed by atoms with Crippen LogP contribution in [0.3, 0.4) is 0 Å². The summed E-state index contributed by atoms with van der Waals surface area (Å²) in [5.74, 6) is 1.72. The van der Waals surface area contributed by atoms with Crippen LogP contribution in [0.25, 0.3) is 0 Å². The number of aryl methyl sites for hydroxylation is 2. The average Bonchev–Trinajstić information content (AvgIpc) is 2.39. The maximum absolute atomic E-state index is 4.43. The molecule has 2 rings (SSSR count). The predicted octanol–water partition coefficient (Wildman–Crippen LogP) is 3.52. The van der Waals surface area contributed by atoms with E-state index in [1.807, 2.05) is 19.1 Å². The number of nitrogens with one attached hydrogen (secondary N) is 1. The quantitative estimate of drug-likeness (QED) is 0.890. The molecule has 0 saturated heterocycles. The van der Waals surface area contributed by atoms with E-state index >= 15 is 0 Å². The van der Waals surface area contributed by atoms with Gasteiger partial charge < -0.3 is 5.32 Å². The third-order valence-corrected chi connectivity index (χ3v) is 2.92. The first kappa shape index (κ1) is 12.6. The summed E-state index contributed by atoms with van der Waals surface area (Å²) < 4.78 is 0. The number of anilines is 1. The van der Waals surface area contributed by atoms with Crippen LogP contribution in [0.2, 0.25) is 0 Å². The van der Waals surface area contributed by atoms with Gasteiger partial charge in [-0.25, -0.2) is 9.97 Å². The summed E-state index contributed by atoms with van der Waals surface area (Å²) in [5, 5.41) is 3.42. The van der Waals surface area contributed by atoms with Crippen molar-refractivity contribution in [2.24, 2.45) is 0 Å². The Hall–Kier alpha value is -1.90. The summed E-state index contributed by atoms with van der Waals surface area (Å²) in [4.78, 5) is 8.81. The van der Waals surface area contributed by atoms with Gasteiger partial charge in [0, 0.05) is 17.8 Å². The molecule has 0 fully saturated rings. The maximum Gasteiger partial charge on any atom is 0.130 e. The Labute approximate surface area is 108 Å². The fourth-order valence-electron chi connectivity index (χ4n) is 1.93. The van der Waals surface area contributed by atoms with E-state index in [0.717, 1.165) is 23.8 Å². The van der Waals surface area contributed by atoms with Crippen molar-refractivity contribution in [1.29, 1.82) is 0 Å². The summed E-state index contributed by atoms with van der Waals surface area (Å²) in [6.07, 6.45) is 0.928. The van der Waals surface area contributed by atoms with Gasteiger partial charge in [0.25, 0.3) is 0 Å². The van der Waals surface area contributed by atoms with E-state index in [0.29, 0.717) is 0 Å². The second-order valence-corrected chi connectivity index (χ2v) is 4.42. The van der Waals surface area contributed by atoms with Crippen LogP contribution in [0.5, 0.6) is 0 Å². The molecule has 2 aromatic rings. The molecule has 1 aromatic carbocycles. The molecule has 0 spiro atoms. The van der Waals surface area contributed by atoms with Gasteiger partial charge in [-0.1, -0.05) is 37.3 Å². The van der Waals surface area contributed by atoms with Crippen molar-refractivity contribution in [3.05, 3.63) is 53.5 Å². The number of aromatic nitrogens is 2. The highest BCUT2D eigenvalue weighted by Gasteiger charge is 2.06. The molecule has 0 amide bonds. The molecule has 1 unspecified atom stereocenters. The van der Waals surface area contributed by atoms with Crippen LogP contribution in [0.1, 0.15) is 37.0 Å². The van der Waals surface area contributed by atoms with Gasteiger partial charge in [0.1, 0.15) is 11.6 Å². The van der Waals surface area contributed by atoms with Gasteiger partial charge in [-0.3, -0.25) is 0 Å².